The van der Waals surface area contributed by atoms with Crippen LogP contribution in [0.4, 0.5) is 0 Å². The van der Waals surface area contributed by atoms with Gasteiger partial charge in [0.1, 0.15) is 0 Å². The van der Waals surface area contributed by atoms with Gasteiger partial charge in [-0.1, -0.05) is 6.07 Å². The predicted molar refractivity (Wildman–Crippen MR) is 70.8 cm³/mol. The van der Waals surface area contributed by atoms with Crippen molar-refractivity contribution in [3.8, 4) is 0 Å². The molecule has 0 aromatic carbocycles. The van der Waals surface area contributed by atoms with Crippen molar-refractivity contribution in [2.24, 2.45) is 0 Å². The summed E-state index contributed by atoms with van der Waals surface area (Å²) in [6.07, 6.45) is 1.88. The minimum Gasteiger partial charge on any atom is -0.296 e. The lowest BCUT2D eigenvalue weighted by atomic mass is 10.1. The van der Waals surface area contributed by atoms with Crippen molar-refractivity contribution in [2.45, 2.75) is 39.4 Å². The van der Waals surface area contributed by atoms with Crippen LogP contribution in [0.5, 0.6) is 0 Å². The lowest BCUT2D eigenvalue weighted by Crippen LogP contribution is -2.53. The van der Waals surface area contributed by atoms with E-state index in [0.717, 1.165) is 19.6 Å². The van der Waals surface area contributed by atoms with Gasteiger partial charge in [-0.2, -0.15) is 0 Å². The van der Waals surface area contributed by atoms with Crippen molar-refractivity contribution in [2.75, 3.05) is 19.6 Å². The molecule has 0 amide bonds. The molecule has 0 spiro atoms. The molecule has 2 rings (SSSR count). The summed E-state index contributed by atoms with van der Waals surface area (Å²) in [4.78, 5) is 9.48. The van der Waals surface area contributed by atoms with E-state index in [4.69, 9.17) is 0 Å². The largest absolute Gasteiger partial charge is 0.296 e. The Balaban J connectivity index is 1.90. The summed E-state index contributed by atoms with van der Waals surface area (Å²) >= 11 is 0. The van der Waals surface area contributed by atoms with E-state index in [-0.39, 0.29) is 0 Å². The number of rotatable bonds is 3. The highest BCUT2D eigenvalue weighted by Crippen LogP contribution is 2.14. The first-order valence-electron chi connectivity index (χ1n) is 6.55. The van der Waals surface area contributed by atoms with Crippen LogP contribution in [0.1, 0.15) is 26.5 Å². The van der Waals surface area contributed by atoms with Gasteiger partial charge in [0.25, 0.3) is 0 Å². The number of aromatic nitrogens is 1. The van der Waals surface area contributed by atoms with Crippen LogP contribution >= 0.6 is 0 Å². The smallest absolute Gasteiger partial charge is 0.0543 e. The third-order valence-corrected chi connectivity index (χ3v) is 3.54. The van der Waals surface area contributed by atoms with E-state index in [2.05, 4.69) is 47.7 Å². The Morgan fingerprint density at radius 2 is 2.18 bits per heavy atom. The molecule has 1 fully saturated rings. The third kappa shape index (κ3) is 3.27. The molecule has 1 aromatic heterocycles. The highest BCUT2D eigenvalue weighted by atomic mass is 15.3. The second kappa shape index (κ2) is 5.61. The maximum Gasteiger partial charge on any atom is 0.0543 e. The molecule has 17 heavy (non-hydrogen) atoms. The summed E-state index contributed by atoms with van der Waals surface area (Å²) in [5.41, 5.74) is 1.18. The number of nitrogens with zero attached hydrogens (tertiary/aromatic N) is 3. The van der Waals surface area contributed by atoms with Gasteiger partial charge < -0.3 is 0 Å². The van der Waals surface area contributed by atoms with Crippen LogP contribution in [-0.2, 0) is 6.54 Å². The molecule has 1 aliphatic rings. The fourth-order valence-electron chi connectivity index (χ4n) is 2.68. The Morgan fingerprint density at radius 1 is 1.35 bits per heavy atom. The van der Waals surface area contributed by atoms with Gasteiger partial charge in [-0.3, -0.25) is 14.8 Å². The van der Waals surface area contributed by atoms with Crippen molar-refractivity contribution >= 4 is 0 Å². The molecule has 94 valence electrons. The zero-order valence-corrected chi connectivity index (χ0v) is 11.1. The van der Waals surface area contributed by atoms with E-state index in [1.165, 1.54) is 12.2 Å². The van der Waals surface area contributed by atoms with Crippen molar-refractivity contribution < 1.29 is 0 Å². The maximum absolute atomic E-state index is 4.40. The summed E-state index contributed by atoms with van der Waals surface area (Å²) in [7, 11) is 0. The molecule has 1 aliphatic heterocycles. The summed E-state index contributed by atoms with van der Waals surface area (Å²) in [5, 5.41) is 0. The third-order valence-electron chi connectivity index (χ3n) is 3.54. The Morgan fingerprint density at radius 3 is 2.76 bits per heavy atom. The summed E-state index contributed by atoms with van der Waals surface area (Å²) in [6.45, 7) is 11.3. The summed E-state index contributed by atoms with van der Waals surface area (Å²) in [5.74, 6) is 0. The zero-order valence-electron chi connectivity index (χ0n) is 11.1. The van der Waals surface area contributed by atoms with Crippen molar-refractivity contribution in [1.82, 2.24) is 14.8 Å². The van der Waals surface area contributed by atoms with Crippen LogP contribution in [0.2, 0.25) is 0 Å². The first-order chi connectivity index (χ1) is 8.16. The van der Waals surface area contributed by atoms with E-state index >= 15 is 0 Å². The monoisotopic (exact) mass is 233 g/mol. The average Bonchev–Trinajstić information content (AvgIpc) is 2.30. The number of hydrogen-bond donors (Lipinski definition) is 0. The van der Waals surface area contributed by atoms with Crippen molar-refractivity contribution in [1.29, 1.82) is 0 Å². The van der Waals surface area contributed by atoms with Gasteiger partial charge in [-0.05, 0) is 32.9 Å². The Bertz CT molecular complexity index is 337. The summed E-state index contributed by atoms with van der Waals surface area (Å²) in [6, 6.07) is 7.45. The highest BCUT2D eigenvalue weighted by molar-refractivity contribution is 5.03. The first kappa shape index (κ1) is 12.5. The number of hydrogen-bond acceptors (Lipinski definition) is 3. The molecule has 0 bridgehead atoms. The van der Waals surface area contributed by atoms with Crippen LogP contribution < -0.4 is 0 Å². The van der Waals surface area contributed by atoms with Crippen LogP contribution in [-0.4, -0.2) is 46.5 Å². The second-order valence-electron chi connectivity index (χ2n) is 5.24. The van der Waals surface area contributed by atoms with Gasteiger partial charge >= 0.3 is 0 Å². The minimum atomic E-state index is 0.646. The minimum absolute atomic E-state index is 0.646. The SMILES string of the molecule is CC(C)N1CCN(Cc2ccccn2)C[C@H]1C. The van der Waals surface area contributed by atoms with Gasteiger partial charge in [0.05, 0.1) is 5.69 Å². The average molecular weight is 233 g/mol. The quantitative estimate of drug-likeness (QED) is 0.796. The molecule has 1 aromatic rings. The lowest BCUT2D eigenvalue weighted by Gasteiger charge is -2.42. The van der Waals surface area contributed by atoms with E-state index in [0.29, 0.717) is 12.1 Å². The Hall–Kier alpha value is -0.930. The van der Waals surface area contributed by atoms with Crippen LogP contribution in [0, 0.1) is 0 Å². The van der Waals surface area contributed by atoms with Gasteiger partial charge in [-0.25, -0.2) is 0 Å². The molecule has 0 radical (unpaired) electrons. The van der Waals surface area contributed by atoms with Gasteiger partial charge in [0.2, 0.25) is 0 Å². The Labute approximate surface area is 104 Å². The second-order valence-corrected chi connectivity index (χ2v) is 5.24. The molecule has 1 saturated heterocycles. The molecule has 0 aliphatic carbocycles. The van der Waals surface area contributed by atoms with Crippen LogP contribution in [0.25, 0.3) is 0 Å². The maximum atomic E-state index is 4.40. The van der Waals surface area contributed by atoms with Gasteiger partial charge in [0.15, 0.2) is 0 Å². The Kier molecular flexibility index (Phi) is 4.13. The fourth-order valence-corrected chi connectivity index (χ4v) is 2.68. The molecule has 3 nitrogen and oxygen atoms in total. The molecule has 1 atom stereocenters. The topological polar surface area (TPSA) is 19.4 Å². The van der Waals surface area contributed by atoms with E-state index in [1.54, 1.807) is 0 Å². The van der Waals surface area contributed by atoms with E-state index < -0.39 is 0 Å². The number of piperazine rings is 1. The van der Waals surface area contributed by atoms with Gasteiger partial charge in [0, 0.05) is 44.5 Å². The normalized spacial score (nSPS) is 23.2. The van der Waals surface area contributed by atoms with Crippen LogP contribution in [0.3, 0.4) is 0 Å². The molecule has 0 saturated carbocycles. The molecular weight excluding hydrogens is 210 g/mol. The highest BCUT2D eigenvalue weighted by Gasteiger charge is 2.25. The fraction of sp³-hybridized carbons (Fsp3) is 0.643. The molecular formula is C14H23N3. The molecule has 0 N–H and O–H groups in total. The molecule has 3 heteroatoms. The predicted octanol–water partition coefficient (Wildman–Crippen LogP) is 2.00. The van der Waals surface area contributed by atoms with E-state index in [9.17, 15) is 0 Å². The van der Waals surface area contributed by atoms with Crippen molar-refractivity contribution in [3.63, 3.8) is 0 Å². The standard InChI is InChI=1S/C14H23N3/c1-12(2)17-9-8-16(10-13(17)3)11-14-6-4-5-7-15-14/h4-7,12-13H,8-11H2,1-3H3/t13-/m1/s1. The van der Waals surface area contributed by atoms with E-state index in [1.807, 2.05) is 12.3 Å². The van der Waals surface area contributed by atoms with Gasteiger partial charge in [-0.15, -0.1) is 0 Å². The molecule has 2 heterocycles. The summed E-state index contributed by atoms with van der Waals surface area (Å²) < 4.78 is 0. The lowest BCUT2D eigenvalue weighted by molar-refractivity contribution is 0.0558. The first-order valence-corrected chi connectivity index (χ1v) is 6.55. The van der Waals surface area contributed by atoms with Crippen molar-refractivity contribution in [3.05, 3.63) is 30.1 Å². The number of pyridine rings is 1. The zero-order chi connectivity index (χ0) is 12.3. The van der Waals surface area contributed by atoms with Crippen LogP contribution in [0.15, 0.2) is 24.4 Å². The molecule has 0 unspecified atom stereocenters.